The van der Waals surface area contributed by atoms with Crippen LogP contribution >= 0.6 is 0 Å². The van der Waals surface area contributed by atoms with E-state index in [0.29, 0.717) is 29.3 Å². The van der Waals surface area contributed by atoms with E-state index in [1.54, 1.807) is 6.20 Å². The molecule has 114 valence electrons. The van der Waals surface area contributed by atoms with Gasteiger partial charge in [-0.1, -0.05) is 13.8 Å². The van der Waals surface area contributed by atoms with Gasteiger partial charge in [0, 0.05) is 12.6 Å². The van der Waals surface area contributed by atoms with Gasteiger partial charge in [0.1, 0.15) is 17.5 Å². The fourth-order valence-corrected chi connectivity index (χ4v) is 2.37. The van der Waals surface area contributed by atoms with E-state index in [1.807, 2.05) is 0 Å². The summed E-state index contributed by atoms with van der Waals surface area (Å²) in [6.45, 7) is 4.97. The van der Waals surface area contributed by atoms with Gasteiger partial charge < -0.3 is 15.7 Å². The second kappa shape index (κ2) is 7.23. The highest BCUT2D eigenvalue weighted by Gasteiger charge is 2.20. The molecule has 1 aliphatic carbocycles. The van der Waals surface area contributed by atoms with Gasteiger partial charge in [0.05, 0.1) is 12.3 Å². The lowest BCUT2D eigenvalue weighted by Crippen LogP contribution is -2.29. The van der Waals surface area contributed by atoms with Crippen molar-refractivity contribution in [2.45, 2.75) is 51.7 Å². The highest BCUT2D eigenvalue weighted by molar-refractivity contribution is 5.53. The first-order chi connectivity index (χ1) is 10.1. The normalized spacial score (nSPS) is 21.9. The van der Waals surface area contributed by atoms with Crippen molar-refractivity contribution in [3.05, 3.63) is 11.8 Å². The van der Waals surface area contributed by atoms with E-state index in [-0.39, 0.29) is 6.10 Å². The van der Waals surface area contributed by atoms with Crippen molar-refractivity contribution >= 4 is 11.8 Å². The Bertz CT molecular complexity index is 503. The number of aliphatic hydroxyl groups excluding tert-OH is 1. The highest BCUT2D eigenvalue weighted by Crippen LogP contribution is 2.22. The fourth-order valence-electron chi connectivity index (χ4n) is 2.37. The third-order valence-electron chi connectivity index (χ3n) is 3.62. The van der Waals surface area contributed by atoms with Gasteiger partial charge in [-0.05, 0) is 31.6 Å². The Kier molecular flexibility index (Phi) is 5.34. The van der Waals surface area contributed by atoms with Crippen LogP contribution in [0.3, 0.4) is 0 Å². The maximum Gasteiger partial charge on any atom is 0.224 e. The van der Waals surface area contributed by atoms with E-state index in [4.69, 9.17) is 5.26 Å². The van der Waals surface area contributed by atoms with Gasteiger partial charge in [0.2, 0.25) is 5.95 Å². The predicted octanol–water partition coefficient (Wildman–Crippen LogP) is 2.13. The lowest BCUT2D eigenvalue weighted by molar-refractivity contribution is 0.126. The van der Waals surface area contributed by atoms with Crippen LogP contribution in [0.1, 0.15) is 45.1 Å². The summed E-state index contributed by atoms with van der Waals surface area (Å²) in [4.78, 5) is 8.61. The van der Waals surface area contributed by atoms with Crippen LogP contribution in [-0.2, 0) is 0 Å². The summed E-state index contributed by atoms with van der Waals surface area (Å²) in [5, 5.41) is 25.1. The molecule has 0 aromatic carbocycles. The average Bonchev–Trinajstić information content (AvgIpc) is 2.47. The van der Waals surface area contributed by atoms with Gasteiger partial charge in [-0.25, -0.2) is 4.98 Å². The maximum absolute atomic E-state index is 9.52. The topological polar surface area (TPSA) is 93.9 Å². The summed E-state index contributed by atoms with van der Waals surface area (Å²) in [5.41, 5.74) is 0.459. The summed E-state index contributed by atoms with van der Waals surface area (Å²) in [6.07, 6.45) is 4.83. The summed E-state index contributed by atoms with van der Waals surface area (Å²) in [7, 11) is 0. The molecule has 0 amide bonds. The Morgan fingerprint density at radius 2 is 2.10 bits per heavy atom. The monoisotopic (exact) mass is 289 g/mol. The van der Waals surface area contributed by atoms with E-state index in [1.165, 1.54) is 0 Å². The summed E-state index contributed by atoms with van der Waals surface area (Å²) in [5.74, 6) is 1.60. The zero-order valence-corrected chi connectivity index (χ0v) is 12.6. The Balaban J connectivity index is 2.03. The number of nitrogens with one attached hydrogen (secondary N) is 2. The second-order valence-corrected chi connectivity index (χ2v) is 5.99. The molecule has 6 nitrogen and oxygen atoms in total. The summed E-state index contributed by atoms with van der Waals surface area (Å²) in [6, 6.07) is 2.40. The van der Waals surface area contributed by atoms with Crippen molar-refractivity contribution < 1.29 is 5.11 Å². The summed E-state index contributed by atoms with van der Waals surface area (Å²) >= 11 is 0. The molecule has 0 radical (unpaired) electrons. The van der Waals surface area contributed by atoms with Crippen molar-refractivity contribution in [1.82, 2.24) is 9.97 Å². The minimum absolute atomic E-state index is 0.173. The molecule has 6 heteroatoms. The van der Waals surface area contributed by atoms with Crippen LogP contribution < -0.4 is 10.6 Å². The molecule has 3 N–H and O–H groups in total. The largest absolute Gasteiger partial charge is 0.393 e. The lowest BCUT2D eigenvalue weighted by atomic mass is 9.93. The average molecular weight is 289 g/mol. The van der Waals surface area contributed by atoms with Crippen LogP contribution in [0.2, 0.25) is 0 Å². The van der Waals surface area contributed by atoms with Gasteiger partial charge >= 0.3 is 0 Å². The number of rotatable bonds is 5. The first kappa shape index (κ1) is 15.5. The molecule has 21 heavy (non-hydrogen) atoms. The van der Waals surface area contributed by atoms with Crippen molar-refractivity contribution in [2.75, 3.05) is 17.2 Å². The molecule has 0 bridgehead atoms. The molecule has 1 heterocycles. The zero-order chi connectivity index (χ0) is 15.2. The molecule has 0 atom stereocenters. The molecular weight excluding hydrogens is 266 g/mol. The molecule has 1 aromatic rings. The number of hydrogen-bond donors (Lipinski definition) is 3. The minimum atomic E-state index is -0.173. The molecule has 1 fully saturated rings. The van der Waals surface area contributed by atoms with E-state index < -0.39 is 0 Å². The van der Waals surface area contributed by atoms with Crippen LogP contribution in [-0.4, -0.2) is 33.8 Å². The first-order valence-corrected chi connectivity index (χ1v) is 7.54. The number of nitrogens with zero attached hydrogens (tertiary/aromatic N) is 3. The Morgan fingerprint density at radius 1 is 1.38 bits per heavy atom. The number of nitriles is 1. The van der Waals surface area contributed by atoms with Crippen LogP contribution in [0.4, 0.5) is 11.8 Å². The molecule has 1 saturated carbocycles. The van der Waals surface area contributed by atoms with Crippen LogP contribution in [0.25, 0.3) is 0 Å². The number of hydrogen-bond acceptors (Lipinski definition) is 6. The smallest absolute Gasteiger partial charge is 0.224 e. The zero-order valence-electron chi connectivity index (χ0n) is 12.6. The Labute approximate surface area is 125 Å². The SMILES string of the molecule is CC(C)CNc1nc(NC2CCC(O)CC2)ncc1C#N. The molecule has 2 rings (SSSR count). The molecule has 1 aromatic heterocycles. The maximum atomic E-state index is 9.52. The van der Waals surface area contributed by atoms with Crippen molar-refractivity contribution in [2.24, 2.45) is 5.92 Å². The molecule has 0 unspecified atom stereocenters. The summed E-state index contributed by atoms with van der Waals surface area (Å²) < 4.78 is 0. The van der Waals surface area contributed by atoms with Crippen molar-refractivity contribution in [3.63, 3.8) is 0 Å². The molecule has 0 saturated heterocycles. The van der Waals surface area contributed by atoms with Gasteiger partial charge in [0.15, 0.2) is 0 Å². The highest BCUT2D eigenvalue weighted by atomic mass is 16.3. The van der Waals surface area contributed by atoms with E-state index in [2.05, 4.69) is 40.5 Å². The molecule has 1 aliphatic rings. The van der Waals surface area contributed by atoms with Gasteiger partial charge in [0.25, 0.3) is 0 Å². The number of anilines is 2. The van der Waals surface area contributed by atoms with Crippen LogP contribution in [0.5, 0.6) is 0 Å². The van der Waals surface area contributed by atoms with E-state index in [0.717, 1.165) is 32.2 Å². The van der Waals surface area contributed by atoms with Gasteiger partial charge in [-0.2, -0.15) is 10.2 Å². The number of aliphatic hydroxyl groups is 1. The minimum Gasteiger partial charge on any atom is -0.393 e. The van der Waals surface area contributed by atoms with E-state index in [9.17, 15) is 5.11 Å². The van der Waals surface area contributed by atoms with E-state index >= 15 is 0 Å². The van der Waals surface area contributed by atoms with Crippen LogP contribution in [0, 0.1) is 17.2 Å². The quantitative estimate of drug-likeness (QED) is 0.769. The third kappa shape index (κ3) is 4.57. The first-order valence-electron chi connectivity index (χ1n) is 7.54. The van der Waals surface area contributed by atoms with Crippen molar-refractivity contribution in [1.29, 1.82) is 5.26 Å². The standard InChI is InChI=1S/C15H23N5O/c1-10(2)8-17-14-11(7-16)9-18-15(20-14)19-12-3-5-13(21)6-4-12/h9-10,12-13,21H,3-6,8H2,1-2H3,(H2,17,18,19,20). The van der Waals surface area contributed by atoms with Gasteiger partial charge in [-0.15, -0.1) is 0 Å². The molecular formula is C15H23N5O. The van der Waals surface area contributed by atoms with Gasteiger partial charge in [-0.3, -0.25) is 0 Å². The Hall–Kier alpha value is -1.87. The van der Waals surface area contributed by atoms with Crippen molar-refractivity contribution in [3.8, 4) is 6.07 Å². The molecule has 0 aliphatic heterocycles. The van der Waals surface area contributed by atoms with Crippen LogP contribution in [0.15, 0.2) is 6.20 Å². The number of aromatic nitrogens is 2. The second-order valence-electron chi connectivity index (χ2n) is 5.99. The molecule has 0 spiro atoms. The third-order valence-corrected chi connectivity index (χ3v) is 3.62. The predicted molar refractivity (Wildman–Crippen MR) is 82.0 cm³/mol. The lowest BCUT2D eigenvalue weighted by Gasteiger charge is -2.26. The fraction of sp³-hybridized carbons (Fsp3) is 0.667. The Morgan fingerprint density at radius 3 is 2.71 bits per heavy atom.